The number of carbonyl (C=O) groups is 1. The van der Waals surface area contributed by atoms with Crippen LogP contribution in [-0.4, -0.2) is 5.91 Å². The van der Waals surface area contributed by atoms with Gasteiger partial charge in [0, 0.05) is 11.3 Å². The van der Waals surface area contributed by atoms with Gasteiger partial charge in [0.1, 0.15) is 0 Å². The number of hydrogen-bond acceptors (Lipinski definition) is 1. The minimum atomic E-state index is -0.354. The molecule has 0 atom stereocenters. The number of nitrogens with zero attached hydrogens (tertiary/aromatic N) is 3. The van der Waals surface area contributed by atoms with E-state index in [0.717, 1.165) is 12.8 Å². The van der Waals surface area contributed by atoms with Crippen molar-refractivity contribution in [2.45, 2.75) is 33.1 Å². The molecule has 0 N–H and O–H groups in total. The third kappa shape index (κ3) is 6.87. The van der Waals surface area contributed by atoms with Gasteiger partial charge in [-0.05, 0) is 23.0 Å². The molecule has 0 spiro atoms. The van der Waals surface area contributed by atoms with Crippen LogP contribution in [0, 0.1) is 5.92 Å². The van der Waals surface area contributed by atoms with Crippen LogP contribution in [0.25, 0.3) is 10.4 Å². The summed E-state index contributed by atoms with van der Waals surface area (Å²) in [5.41, 5.74) is 7.88. The Balaban J connectivity index is 3.39. The molecule has 0 aliphatic rings. The molecule has 0 aromatic carbocycles. The molecule has 0 heterocycles. The second-order valence-electron chi connectivity index (χ2n) is 2.87. The number of amides is 1. The number of carbonyl (C=O) groups excluding carboxylic acids is 1. The van der Waals surface area contributed by atoms with Crippen LogP contribution in [0.2, 0.25) is 0 Å². The van der Waals surface area contributed by atoms with Gasteiger partial charge in [0.05, 0.1) is 0 Å². The van der Waals surface area contributed by atoms with E-state index in [0.29, 0.717) is 12.3 Å². The molecule has 0 saturated carbocycles. The summed E-state index contributed by atoms with van der Waals surface area (Å²) >= 11 is 0. The normalized spacial score (nSPS) is 9.36. The lowest BCUT2D eigenvalue weighted by Crippen LogP contribution is -1.93. The smallest absolute Gasteiger partial charge is 0.218 e. The van der Waals surface area contributed by atoms with Crippen molar-refractivity contribution in [3.8, 4) is 0 Å². The third-order valence-corrected chi connectivity index (χ3v) is 1.33. The number of hydrogen-bond donors (Lipinski definition) is 0. The van der Waals surface area contributed by atoms with Crippen molar-refractivity contribution < 1.29 is 4.79 Å². The minimum Gasteiger partial charge on any atom is -0.293 e. The Labute approximate surface area is 66.2 Å². The fourth-order valence-electron chi connectivity index (χ4n) is 0.761. The van der Waals surface area contributed by atoms with Crippen LogP contribution >= 0.6 is 0 Å². The first-order valence-corrected chi connectivity index (χ1v) is 3.74. The summed E-state index contributed by atoms with van der Waals surface area (Å²) in [6.45, 7) is 4.19. The Morgan fingerprint density at radius 1 is 1.64 bits per heavy atom. The first kappa shape index (κ1) is 9.98. The highest BCUT2D eigenvalue weighted by Crippen LogP contribution is 2.06. The van der Waals surface area contributed by atoms with Crippen LogP contribution in [0.1, 0.15) is 33.1 Å². The summed E-state index contributed by atoms with van der Waals surface area (Å²) in [5, 5.41) is 2.96. The van der Waals surface area contributed by atoms with Gasteiger partial charge in [0.2, 0.25) is 5.91 Å². The van der Waals surface area contributed by atoms with Crippen LogP contribution in [0.4, 0.5) is 0 Å². The fraction of sp³-hybridized carbons (Fsp3) is 0.857. The summed E-state index contributed by atoms with van der Waals surface area (Å²) < 4.78 is 0. The van der Waals surface area contributed by atoms with Crippen molar-refractivity contribution in [1.82, 2.24) is 0 Å². The highest BCUT2D eigenvalue weighted by Gasteiger charge is 1.98. The van der Waals surface area contributed by atoms with Gasteiger partial charge in [-0.15, -0.1) is 0 Å². The molecule has 0 aliphatic carbocycles. The van der Waals surface area contributed by atoms with E-state index in [9.17, 15) is 4.79 Å². The van der Waals surface area contributed by atoms with Crippen LogP contribution < -0.4 is 0 Å². The van der Waals surface area contributed by atoms with E-state index in [1.54, 1.807) is 0 Å². The Morgan fingerprint density at radius 3 is 2.73 bits per heavy atom. The monoisotopic (exact) mass is 155 g/mol. The molecule has 0 saturated heterocycles. The van der Waals surface area contributed by atoms with E-state index in [4.69, 9.17) is 5.53 Å². The van der Waals surface area contributed by atoms with Crippen molar-refractivity contribution in [1.29, 1.82) is 0 Å². The average Bonchev–Trinajstić information content (AvgIpc) is 1.87. The average molecular weight is 155 g/mol. The summed E-state index contributed by atoms with van der Waals surface area (Å²) in [7, 11) is 0. The molecule has 1 amide bonds. The summed E-state index contributed by atoms with van der Waals surface area (Å²) in [5.74, 6) is 0.252. The largest absolute Gasteiger partial charge is 0.293 e. The van der Waals surface area contributed by atoms with Crippen LogP contribution in [0.5, 0.6) is 0 Å². The maximum atomic E-state index is 10.6. The van der Waals surface area contributed by atoms with Gasteiger partial charge in [-0.25, -0.2) is 0 Å². The molecule has 0 bridgehead atoms. The molecule has 0 radical (unpaired) electrons. The molecule has 62 valence electrons. The lowest BCUT2D eigenvalue weighted by molar-refractivity contribution is -0.118. The fourth-order valence-corrected chi connectivity index (χ4v) is 0.761. The number of azide groups is 1. The van der Waals surface area contributed by atoms with Gasteiger partial charge in [0.25, 0.3) is 0 Å². The predicted octanol–water partition coefficient (Wildman–Crippen LogP) is 2.65. The summed E-state index contributed by atoms with van der Waals surface area (Å²) in [6.07, 6.45) is 2.20. The Bertz CT molecular complexity index is 171. The van der Waals surface area contributed by atoms with Gasteiger partial charge < -0.3 is 0 Å². The molecule has 0 unspecified atom stereocenters. The zero-order chi connectivity index (χ0) is 8.69. The molecule has 0 rings (SSSR count). The quantitative estimate of drug-likeness (QED) is 0.349. The Hall–Kier alpha value is -1.02. The van der Waals surface area contributed by atoms with Crippen molar-refractivity contribution in [2.24, 2.45) is 11.0 Å². The molecular formula is C7H13N3O. The molecule has 0 aromatic heterocycles. The lowest BCUT2D eigenvalue weighted by atomic mass is 10.1. The zero-order valence-corrected chi connectivity index (χ0v) is 6.95. The van der Waals surface area contributed by atoms with Crippen molar-refractivity contribution >= 4 is 5.91 Å². The van der Waals surface area contributed by atoms with E-state index in [2.05, 4.69) is 23.9 Å². The molecule has 4 nitrogen and oxygen atoms in total. The minimum absolute atomic E-state index is 0.354. The summed E-state index contributed by atoms with van der Waals surface area (Å²) in [4.78, 5) is 13.0. The molecule has 4 heteroatoms. The van der Waals surface area contributed by atoms with Crippen LogP contribution in [0.15, 0.2) is 5.11 Å². The first-order valence-electron chi connectivity index (χ1n) is 3.74. The zero-order valence-electron chi connectivity index (χ0n) is 6.95. The van der Waals surface area contributed by atoms with E-state index in [1.807, 2.05) is 0 Å². The van der Waals surface area contributed by atoms with Crippen LogP contribution in [0.3, 0.4) is 0 Å². The predicted molar refractivity (Wildman–Crippen MR) is 42.8 cm³/mol. The lowest BCUT2D eigenvalue weighted by Gasteiger charge is -2.00. The topological polar surface area (TPSA) is 65.8 Å². The Morgan fingerprint density at radius 2 is 2.27 bits per heavy atom. The standard InChI is InChI=1S/C7H13N3O/c1-6(2)4-3-5-7(11)9-10-8/h6H,3-5H2,1-2H3. The first-order chi connectivity index (χ1) is 5.16. The highest BCUT2D eigenvalue weighted by atomic mass is 16.1. The maximum Gasteiger partial charge on any atom is 0.218 e. The van der Waals surface area contributed by atoms with Crippen molar-refractivity contribution in [3.05, 3.63) is 10.4 Å². The molecule has 11 heavy (non-hydrogen) atoms. The highest BCUT2D eigenvalue weighted by molar-refractivity contribution is 5.76. The molecule has 0 aromatic rings. The van der Waals surface area contributed by atoms with Gasteiger partial charge in [-0.3, -0.25) is 4.79 Å². The third-order valence-electron chi connectivity index (χ3n) is 1.33. The second-order valence-corrected chi connectivity index (χ2v) is 2.87. The van der Waals surface area contributed by atoms with Gasteiger partial charge >= 0.3 is 0 Å². The second kappa shape index (κ2) is 5.74. The van der Waals surface area contributed by atoms with Gasteiger partial charge in [0.15, 0.2) is 0 Å². The van der Waals surface area contributed by atoms with Crippen LogP contribution in [-0.2, 0) is 4.79 Å². The van der Waals surface area contributed by atoms with Crippen molar-refractivity contribution in [3.63, 3.8) is 0 Å². The van der Waals surface area contributed by atoms with Gasteiger partial charge in [-0.1, -0.05) is 20.3 Å². The maximum absolute atomic E-state index is 10.6. The van der Waals surface area contributed by atoms with E-state index in [-0.39, 0.29) is 5.91 Å². The summed E-state index contributed by atoms with van der Waals surface area (Å²) in [6, 6.07) is 0. The SMILES string of the molecule is CC(C)CCCC(=O)N=[N+]=[N-]. The molecule has 0 aliphatic heterocycles. The Kier molecular flexibility index (Phi) is 5.21. The van der Waals surface area contributed by atoms with E-state index < -0.39 is 0 Å². The molecular weight excluding hydrogens is 142 g/mol. The number of rotatable bonds is 4. The van der Waals surface area contributed by atoms with Crippen molar-refractivity contribution in [2.75, 3.05) is 0 Å². The van der Waals surface area contributed by atoms with E-state index >= 15 is 0 Å². The molecule has 0 fully saturated rings. The van der Waals surface area contributed by atoms with Gasteiger partial charge in [-0.2, -0.15) is 0 Å². The van der Waals surface area contributed by atoms with E-state index in [1.165, 1.54) is 0 Å².